The fourth-order valence-corrected chi connectivity index (χ4v) is 2.31. The minimum atomic E-state index is -0.756. The van der Waals surface area contributed by atoms with E-state index < -0.39 is 6.10 Å². The van der Waals surface area contributed by atoms with Gasteiger partial charge in [0, 0.05) is 12.6 Å². The van der Waals surface area contributed by atoms with Crippen molar-refractivity contribution >= 4 is 5.91 Å². The summed E-state index contributed by atoms with van der Waals surface area (Å²) >= 11 is 0. The maximum Gasteiger partial charge on any atom is 0.253 e. The molecule has 2 rings (SSSR count). The molecule has 2 aromatic rings. The summed E-state index contributed by atoms with van der Waals surface area (Å²) in [6, 6.07) is 14.7. The molecule has 0 fully saturated rings. The summed E-state index contributed by atoms with van der Waals surface area (Å²) in [5.74, 6) is 0.587. The van der Waals surface area contributed by atoms with E-state index in [1.165, 1.54) is 4.90 Å². The van der Waals surface area contributed by atoms with E-state index >= 15 is 0 Å². The average Bonchev–Trinajstić information content (AvgIpc) is 2.54. The number of benzene rings is 2. The van der Waals surface area contributed by atoms with Crippen molar-refractivity contribution in [2.75, 3.05) is 20.7 Å². The van der Waals surface area contributed by atoms with Crippen LogP contribution in [0.15, 0.2) is 48.5 Å². The van der Waals surface area contributed by atoms with Crippen molar-refractivity contribution in [1.29, 1.82) is 0 Å². The van der Waals surface area contributed by atoms with Crippen molar-refractivity contribution in [2.24, 2.45) is 0 Å². The third kappa shape index (κ3) is 3.65. The Bertz CT molecular complexity index is 654. The number of rotatable bonds is 5. The molecule has 1 unspecified atom stereocenters. The fraction of sp³-hybridized carbons (Fsp3) is 0.278. The van der Waals surface area contributed by atoms with E-state index in [2.05, 4.69) is 0 Å². The highest BCUT2D eigenvalue weighted by Crippen LogP contribution is 2.20. The molecule has 0 aromatic heterocycles. The minimum absolute atomic E-state index is 0.0972. The Labute approximate surface area is 131 Å². The van der Waals surface area contributed by atoms with Crippen molar-refractivity contribution < 1.29 is 14.6 Å². The molecule has 1 N–H and O–H groups in total. The number of carbonyl (C=O) groups excluding carboxylic acids is 1. The van der Waals surface area contributed by atoms with E-state index in [0.29, 0.717) is 11.3 Å². The molecule has 0 spiro atoms. The summed E-state index contributed by atoms with van der Waals surface area (Å²) in [7, 11) is 3.28. The van der Waals surface area contributed by atoms with Gasteiger partial charge < -0.3 is 14.7 Å². The molecule has 22 heavy (non-hydrogen) atoms. The zero-order valence-corrected chi connectivity index (χ0v) is 13.1. The van der Waals surface area contributed by atoms with Crippen molar-refractivity contribution in [3.05, 3.63) is 65.2 Å². The van der Waals surface area contributed by atoms with Gasteiger partial charge in [0.2, 0.25) is 0 Å². The largest absolute Gasteiger partial charge is 0.497 e. The van der Waals surface area contributed by atoms with Crippen LogP contribution in [0.1, 0.15) is 27.6 Å². The number of hydrogen-bond donors (Lipinski definition) is 1. The molecule has 1 atom stereocenters. The third-order valence-corrected chi connectivity index (χ3v) is 3.65. The van der Waals surface area contributed by atoms with Crippen molar-refractivity contribution in [3.63, 3.8) is 0 Å². The van der Waals surface area contributed by atoms with Crippen molar-refractivity contribution in [1.82, 2.24) is 4.90 Å². The van der Waals surface area contributed by atoms with Gasteiger partial charge in [-0.15, -0.1) is 0 Å². The van der Waals surface area contributed by atoms with Gasteiger partial charge in [-0.2, -0.15) is 0 Å². The van der Waals surface area contributed by atoms with Crippen LogP contribution in [0.4, 0.5) is 0 Å². The lowest BCUT2D eigenvalue weighted by Crippen LogP contribution is -2.31. The normalized spacial score (nSPS) is 11.8. The van der Waals surface area contributed by atoms with Crippen LogP contribution in [0.5, 0.6) is 5.75 Å². The predicted octanol–water partition coefficient (Wildman–Crippen LogP) is 2.81. The van der Waals surface area contributed by atoms with E-state index in [1.807, 2.05) is 43.3 Å². The van der Waals surface area contributed by atoms with Crippen LogP contribution in [-0.4, -0.2) is 36.6 Å². The van der Waals surface area contributed by atoms with Gasteiger partial charge in [-0.25, -0.2) is 0 Å². The van der Waals surface area contributed by atoms with Gasteiger partial charge in [-0.1, -0.05) is 30.3 Å². The molecule has 0 aliphatic rings. The number of aliphatic hydroxyl groups is 1. The highest BCUT2D eigenvalue weighted by Gasteiger charge is 2.18. The zero-order chi connectivity index (χ0) is 16.1. The highest BCUT2D eigenvalue weighted by molar-refractivity contribution is 5.95. The summed E-state index contributed by atoms with van der Waals surface area (Å²) in [6.45, 7) is 2.12. The number of methoxy groups -OCH3 is 1. The molecule has 4 heteroatoms. The first-order valence-electron chi connectivity index (χ1n) is 7.16. The van der Waals surface area contributed by atoms with Gasteiger partial charge >= 0.3 is 0 Å². The molecule has 116 valence electrons. The molecule has 0 heterocycles. The van der Waals surface area contributed by atoms with Crippen LogP contribution < -0.4 is 4.74 Å². The molecule has 1 amide bonds. The summed E-state index contributed by atoms with van der Waals surface area (Å²) in [5.41, 5.74) is 2.31. The highest BCUT2D eigenvalue weighted by atomic mass is 16.5. The second-order valence-corrected chi connectivity index (χ2v) is 5.29. The van der Waals surface area contributed by atoms with Crippen LogP contribution in [0.25, 0.3) is 0 Å². The number of nitrogens with zero attached hydrogens (tertiary/aromatic N) is 1. The number of likely N-dealkylation sites (N-methyl/N-ethyl adjacent to an activating group) is 1. The van der Waals surface area contributed by atoms with Gasteiger partial charge in [-0.3, -0.25) is 4.79 Å². The van der Waals surface area contributed by atoms with Gasteiger partial charge in [0.05, 0.1) is 19.8 Å². The Hall–Kier alpha value is -2.33. The quantitative estimate of drug-likeness (QED) is 0.923. The first-order valence-corrected chi connectivity index (χ1v) is 7.16. The van der Waals surface area contributed by atoms with Crippen molar-refractivity contribution in [2.45, 2.75) is 13.0 Å². The molecular weight excluding hydrogens is 278 g/mol. The van der Waals surface area contributed by atoms with E-state index in [9.17, 15) is 9.90 Å². The second-order valence-electron chi connectivity index (χ2n) is 5.29. The van der Waals surface area contributed by atoms with Crippen LogP contribution in [0.2, 0.25) is 0 Å². The monoisotopic (exact) mass is 299 g/mol. The Morgan fingerprint density at radius 2 is 1.95 bits per heavy atom. The maximum atomic E-state index is 12.4. The smallest absolute Gasteiger partial charge is 0.253 e. The Balaban J connectivity index is 2.09. The molecule has 0 saturated carbocycles. The van der Waals surface area contributed by atoms with E-state index in [0.717, 1.165) is 11.1 Å². The van der Waals surface area contributed by atoms with Gasteiger partial charge in [-0.05, 0) is 36.2 Å². The second kappa shape index (κ2) is 7.09. The van der Waals surface area contributed by atoms with Crippen LogP contribution in [0, 0.1) is 6.92 Å². The summed E-state index contributed by atoms with van der Waals surface area (Å²) in [4.78, 5) is 14.0. The van der Waals surface area contributed by atoms with Crippen LogP contribution >= 0.6 is 0 Å². The molecule has 0 bridgehead atoms. The minimum Gasteiger partial charge on any atom is -0.497 e. The first-order chi connectivity index (χ1) is 10.5. The van der Waals surface area contributed by atoms with E-state index in [1.54, 1.807) is 26.3 Å². The topological polar surface area (TPSA) is 49.8 Å². The molecule has 0 aliphatic heterocycles. The summed E-state index contributed by atoms with van der Waals surface area (Å²) in [5, 5.41) is 10.3. The number of hydrogen-bond acceptors (Lipinski definition) is 3. The van der Waals surface area contributed by atoms with E-state index in [4.69, 9.17) is 4.74 Å². The van der Waals surface area contributed by atoms with Gasteiger partial charge in [0.1, 0.15) is 5.75 Å². The maximum absolute atomic E-state index is 12.4. The lowest BCUT2D eigenvalue weighted by molar-refractivity contribution is 0.0680. The Kier molecular flexibility index (Phi) is 5.17. The number of aryl methyl sites for hydroxylation is 1. The molecule has 4 nitrogen and oxygen atoms in total. The van der Waals surface area contributed by atoms with Crippen LogP contribution in [-0.2, 0) is 0 Å². The SMILES string of the molecule is COc1cccc(C(O)CN(C)C(=O)c2ccccc2C)c1. The number of amides is 1. The zero-order valence-electron chi connectivity index (χ0n) is 13.1. The molecule has 0 saturated heterocycles. The summed E-state index contributed by atoms with van der Waals surface area (Å²) < 4.78 is 5.15. The van der Waals surface area contributed by atoms with E-state index in [-0.39, 0.29) is 12.5 Å². The van der Waals surface area contributed by atoms with Crippen molar-refractivity contribution in [3.8, 4) is 5.75 Å². The number of ether oxygens (including phenoxy) is 1. The Morgan fingerprint density at radius 3 is 2.64 bits per heavy atom. The summed E-state index contributed by atoms with van der Waals surface area (Å²) in [6.07, 6.45) is -0.756. The van der Waals surface area contributed by atoms with Gasteiger partial charge in [0.25, 0.3) is 5.91 Å². The first kappa shape index (κ1) is 16.0. The molecule has 0 radical (unpaired) electrons. The predicted molar refractivity (Wildman–Crippen MR) is 86.1 cm³/mol. The lowest BCUT2D eigenvalue weighted by atomic mass is 10.1. The standard InChI is InChI=1S/C18H21NO3/c1-13-7-4-5-10-16(13)18(21)19(2)12-17(20)14-8-6-9-15(11-14)22-3/h4-11,17,20H,12H2,1-3H3. The average molecular weight is 299 g/mol. The number of aliphatic hydroxyl groups excluding tert-OH is 1. The molecular formula is C18H21NO3. The third-order valence-electron chi connectivity index (χ3n) is 3.65. The van der Waals surface area contributed by atoms with Gasteiger partial charge in [0.15, 0.2) is 0 Å². The number of carbonyl (C=O) groups is 1. The molecule has 2 aromatic carbocycles. The van der Waals surface area contributed by atoms with Crippen LogP contribution in [0.3, 0.4) is 0 Å². The fourth-order valence-electron chi connectivity index (χ4n) is 2.31. The lowest BCUT2D eigenvalue weighted by Gasteiger charge is -2.22. The Morgan fingerprint density at radius 1 is 1.23 bits per heavy atom. The molecule has 0 aliphatic carbocycles.